The number of alkyl halides is 1. The average Bonchev–Trinajstić information content (AvgIpc) is 2.90. The first-order valence-corrected chi connectivity index (χ1v) is 7.96. The molecule has 0 aliphatic heterocycles. The minimum atomic E-state index is 0.0164. The summed E-state index contributed by atoms with van der Waals surface area (Å²) in [6, 6.07) is 14.6. The third kappa shape index (κ3) is 2.59. The Kier molecular flexibility index (Phi) is 4.04. The van der Waals surface area contributed by atoms with Crippen molar-refractivity contribution in [3.8, 4) is 5.75 Å². The standard InChI is InChI=1S/C17H16BrClO/c1-20-14-6-7-15(16(18)10-14)17(19)13-8-11-4-2-3-5-12(11)9-13/h2-7,10,13,17H,8-9H2,1H3. The molecule has 0 radical (unpaired) electrons. The molecule has 0 saturated carbocycles. The molecule has 0 aromatic heterocycles. The van der Waals surface area contributed by atoms with Gasteiger partial charge in [-0.1, -0.05) is 46.3 Å². The van der Waals surface area contributed by atoms with E-state index < -0.39 is 0 Å². The van der Waals surface area contributed by atoms with Gasteiger partial charge in [0.15, 0.2) is 0 Å². The molecular formula is C17H16BrClO. The van der Waals surface area contributed by atoms with Crippen molar-refractivity contribution >= 4 is 27.5 Å². The fourth-order valence-electron chi connectivity index (χ4n) is 2.91. The quantitative estimate of drug-likeness (QED) is 0.695. The van der Waals surface area contributed by atoms with E-state index in [9.17, 15) is 0 Å². The molecule has 1 aliphatic rings. The normalized spacial score (nSPS) is 15.9. The Bertz CT molecular complexity index is 601. The number of methoxy groups -OCH3 is 1. The van der Waals surface area contributed by atoms with Crippen molar-refractivity contribution in [2.24, 2.45) is 5.92 Å². The summed E-state index contributed by atoms with van der Waals surface area (Å²) in [7, 11) is 1.67. The number of hydrogen-bond acceptors (Lipinski definition) is 1. The SMILES string of the molecule is COc1ccc(C(Cl)C2Cc3ccccc3C2)c(Br)c1. The predicted molar refractivity (Wildman–Crippen MR) is 86.6 cm³/mol. The lowest BCUT2D eigenvalue weighted by molar-refractivity contribution is 0.414. The first-order valence-electron chi connectivity index (χ1n) is 6.73. The van der Waals surface area contributed by atoms with Crippen LogP contribution in [0.5, 0.6) is 5.75 Å². The fraction of sp³-hybridized carbons (Fsp3) is 0.294. The van der Waals surface area contributed by atoms with E-state index in [2.05, 4.69) is 46.3 Å². The van der Waals surface area contributed by atoms with Gasteiger partial charge in [0.2, 0.25) is 0 Å². The number of halogens is 2. The second-order valence-electron chi connectivity index (χ2n) is 5.23. The average molecular weight is 352 g/mol. The minimum absolute atomic E-state index is 0.0164. The van der Waals surface area contributed by atoms with Crippen LogP contribution in [0.25, 0.3) is 0 Å². The highest BCUT2D eigenvalue weighted by Crippen LogP contribution is 2.42. The lowest BCUT2D eigenvalue weighted by Gasteiger charge is -2.19. The van der Waals surface area contributed by atoms with Crippen molar-refractivity contribution < 1.29 is 4.74 Å². The maximum absolute atomic E-state index is 6.73. The van der Waals surface area contributed by atoms with Crippen molar-refractivity contribution in [2.45, 2.75) is 18.2 Å². The summed E-state index contributed by atoms with van der Waals surface area (Å²) in [6.45, 7) is 0. The van der Waals surface area contributed by atoms with E-state index in [0.717, 1.165) is 28.6 Å². The molecule has 3 heteroatoms. The van der Waals surface area contributed by atoms with E-state index in [4.69, 9.17) is 16.3 Å². The monoisotopic (exact) mass is 350 g/mol. The van der Waals surface area contributed by atoms with Gasteiger partial charge in [0, 0.05) is 4.47 Å². The molecule has 0 heterocycles. The molecule has 1 atom stereocenters. The van der Waals surface area contributed by atoms with E-state index in [1.807, 2.05) is 12.1 Å². The zero-order valence-corrected chi connectivity index (χ0v) is 13.6. The van der Waals surface area contributed by atoms with Crippen LogP contribution in [-0.2, 0) is 12.8 Å². The second-order valence-corrected chi connectivity index (χ2v) is 6.55. The van der Waals surface area contributed by atoms with E-state index in [0.29, 0.717) is 5.92 Å². The first-order chi connectivity index (χ1) is 9.69. The van der Waals surface area contributed by atoms with Gasteiger partial charge < -0.3 is 4.74 Å². The van der Waals surface area contributed by atoms with Gasteiger partial charge in [0.05, 0.1) is 12.5 Å². The largest absolute Gasteiger partial charge is 0.497 e. The van der Waals surface area contributed by atoms with Crippen LogP contribution in [0.1, 0.15) is 22.1 Å². The highest BCUT2D eigenvalue weighted by atomic mass is 79.9. The molecule has 20 heavy (non-hydrogen) atoms. The molecule has 0 fully saturated rings. The van der Waals surface area contributed by atoms with Crippen LogP contribution in [-0.4, -0.2) is 7.11 Å². The Morgan fingerprint density at radius 1 is 1.15 bits per heavy atom. The van der Waals surface area contributed by atoms with Gasteiger partial charge in [-0.05, 0) is 47.6 Å². The Labute approximate surface area is 133 Å². The second kappa shape index (κ2) is 5.79. The molecule has 0 spiro atoms. The number of fused-ring (bicyclic) bond motifs is 1. The molecule has 0 saturated heterocycles. The zero-order valence-electron chi connectivity index (χ0n) is 11.3. The van der Waals surface area contributed by atoms with Gasteiger partial charge in [0.1, 0.15) is 5.75 Å². The smallest absolute Gasteiger partial charge is 0.120 e. The predicted octanol–water partition coefficient (Wildman–Crippen LogP) is 5.15. The topological polar surface area (TPSA) is 9.23 Å². The first kappa shape index (κ1) is 14.0. The van der Waals surface area contributed by atoms with Crippen LogP contribution in [0.4, 0.5) is 0 Å². The van der Waals surface area contributed by atoms with Crippen LogP contribution in [0.3, 0.4) is 0 Å². The van der Waals surface area contributed by atoms with Crippen molar-refractivity contribution in [2.75, 3.05) is 7.11 Å². The highest BCUT2D eigenvalue weighted by molar-refractivity contribution is 9.10. The van der Waals surface area contributed by atoms with Crippen LogP contribution in [0.2, 0.25) is 0 Å². The molecule has 1 aliphatic carbocycles. The Balaban J connectivity index is 1.82. The Morgan fingerprint density at radius 3 is 2.35 bits per heavy atom. The summed E-state index contributed by atoms with van der Waals surface area (Å²) in [5.41, 5.74) is 4.02. The van der Waals surface area contributed by atoms with E-state index in [-0.39, 0.29) is 5.38 Å². The summed E-state index contributed by atoms with van der Waals surface area (Å²) in [6.07, 6.45) is 2.12. The fourth-order valence-corrected chi connectivity index (χ4v) is 4.02. The maximum Gasteiger partial charge on any atom is 0.120 e. The molecule has 0 amide bonds. The molecule has 1 unspecified atom stereocenters. The van der Waals surface area contributed by atoms with Crippen LogP contribution in [0, 0.1) is 5.92 Å². The third-order valence-corrected chi connectivity index (χ3v) is 5.28. The summed E-state index contributed by atoms with van der Waals surface area (Å²) >= 11 is 10.3. The van der Waals surface area contributed by atoms with Gasteiger partial charge in [0.25, 0.3) is 0 Å². The van der Waals surface area contributed by atoms with Gasteiger partial charge >= 0.3 is 0 Å². The molecule has 2 aromatic rings. The molecule has 3 rings (SSSR count). The van der Waals surface area contributed by atoms with Crippen LogP contribution < -0.4 is 4.74 Å². The number of benzene rings is 2. The van der Waals surface area contributed by atoms with Crippen molar-refractivity contribution in [1.82, 2.24) is 0 Å². The molecular weight excluding hydrogens is 336 g/mol. The lowest BCUT2D eigenvalue weighted by Crippen LogP contribution is -2.08. The third-order valence-electron chi connectivity index (χ3n) is 4.00. The van der Waals surface area contributed by atoms with Gasteiger partial charge in [-0.3, -0.25) is 0 Å². The number of hydrogen-bond donors (Lipinski definition) is 0. The van der Waals surface area contributed by atoms with E-state index in [1.54, 1.807) is 7.11 Å². The number of rotatable bonds is 3. The van der Waals surface area contributed by atoms with Crippen molar-refractivity contribution in [3.63, 3.8) is 0 Å². The molecule has 0 N–H and O–H groups in total. The van der Waals surface area contributed by atoms with E-state index in [1.165, 1.54) is 11.1 Å². The molecule has 1 nitrogen and oxygen atoms in total. The summed E-state index contributed by atoms with van der Waals surface area (Å²) in [4.78, 5) is 0. The lowest BCUT2D eigenvalue weighted by atomic mass is 9.96. The van der Waals surface area contributed by atoms with Gasteiger partial charge in [-0.15, -0.1) is 11.6 Å². The minimum Gasteiger partial charge on any atom is -0.497 e. The van der Waals surface area contributed by atoms with Crippen molar-refractivity contribution in [3.05, 3.63) is 63.6 Å². The Hall–Kier alpha value is -0.990. The summed E-state index contributed by atoms with van der Waals surface area (Å²) < 4.78 is 6.25. The summed E-state index contributed by atoms with van der Waals surface area (Å²) in [5.74, 6) is 1.30. The maximum atomic E-state index is 6.73. The molecule has 104 valence electrons. The van der Waals surface area contributed by atoms with Crippen molar-refractivity contribution in [1.29, 1.82) is 0 Å². The Morgan fingerprint density at radius 2 is 1.80 bits per heavy atom. The van der Waals surface area contributed by atoms with Crippen LogP contribution >= 0.6 is 27.5 Å². The molecule has 0 bridgehead atoms. The van der Waals surface area contributed by atoms with Gasteiger partial charge in [-0.2, -0.15) is 0 Å². The van der Waals surface area contributed by atoms with Crippen LogP contribution in [0.15, 0.2) is 46.9 Å². The summed E-state index contributed by atoms with van der Waals surface area (Å²) in [5, 5.41) is 0.0164. The molecule has 2 aromatic carbocycles. The number of ether oxygens (including phenoxy) is 1. The van der Waals surface area contributed by atoms with E-state index >= 15 is 0 Å². The highest BCUT2D eigenvalue weighted by Gasteiger charge is 2.29. The van der Waals surface area contributed by atoms with Gasteiger partial charge in [-0.25, -0.2) is 0 Å². The zero-order chi connectivity index (χ0) is 14.1.